The van der Waals surface area contributed by atoms with Crippen LogP contribution in [0.3, 0.4) is 0 Å². The number of benzene rings is 1. The summed E-state index contributed by atoms with van der Waals surface area (Å²) >= 11 is 0. The zero-order valence-electron chi connectivity index (χ0n) is 11.1. The van der Waals surface area contributed by atoms with E-state index in [1.807, 2.05) is 0 Å². The second-order valence-electron chi connectivity index (χ2n) is 4.37. The Morgan fingerprint density at radius 3 is 2.50 bits per heavy atom. The zero-order chi connectivity index (χ0) is 14.6. The van der Waals surface area contributed by atoms with Crippen molar-refractivity contribution >= 4 is 15.8 Å². The van der Waals surface area contributed by atoms with E-state index in [-0.39, 0.29) is 16.5 Å². The number of pyridine rings is 1. The highest BCUT2D eigenvalue weighted by Crippen LogP contribution is 2.22. The Balaban J connectivity index is 2.24. The van der Waals surface area contributed by atoms with Crippen molar-refractivity contribution in [2.45, 2.75) is 24.7 Å². The lowest BCUT2D eigenvalue weighted by Crippen LogP contribution is -2.14. The number of rotatable bonds is 5. The van der Waals surface area contributed by atoms with Gasteiger partial charge >= 0.3 is 0 Å². The van der Waals surface area contributed by atoms with Crippen molar-refractivity contribution in [1.82, 2.24) is 4.98 Å². The summed E-state index contributed by atoms with van der Waals surface area (Å²) in [5.41, 5.74) is 1.09. The summed E-state index contributed by atoms with van der Waals surface area (Å²) in [7, 11) is -3.74. The first kappa shape index (κ1) is 14.3. The van der Waals surface area contributed by atoms with Gasteiger partial charge in [0.15, 0.2) is 11.6 Å². The molecule has 0 spiro atoms. The van der Waals surface area contributed by atoms with Crippen molar-refractivity contribution in [3.05, 3.63) is 48.2 Å². The quantitative estimate of drug-likeness (QED) is 0.887. The second-order valence-corrected chi connectivity index (χ2v) is 6.05. The van der Waals surface area contributed by atoms with Crippen LogP contribution in [0.25, 0.3) is 0 Å². The normalized spacial score (nSPS) is 11.2. The molecule has 0 aliphatic carbocycles. The molecule has 6 heteroatoms. The second kappa shape index (κ2) is 5.92. The Morgan fingerprint density at radius 1 is 1.20 bits per heavy atom. The highest BCUT2D eigenvalue weighted by molar-refractivity contribution is 7.92. The topological polar surface area (TPSA) is 79.3 Å². The van der Waals surface area contributed by atoms with Gasteiger partial charge in [-0.15, -0.1) is 0 Å². The summed E-state index contributed by atoms with van der Waals surface area (Å²) in [6.45, 7) is 2.07. The monoisotopic (exact) mass is 292 g/mol. The molecular formula is C14H16N2O3S. The maximum absolute atomic E-state index is 12.2. The molecule has 0 aliphatic heterocycles. The lowest BCUT2D eigenvalue weighted by Gasteiger charge is -2.09. The summed E-state index contributed by atoms with van der Waals surface area (Å²) < 4.78 is 26.6. The molecule has 0 unspecified atom stereocenters. The number of aryl methyl sites for hydroxylation is 1. The number of anilines is 1. The van der Waals surface area contributed by atoms with Crippen molar-refractivity contribution < 1.29 is 13.5 Å². The average molecular weight is 292 g/mol. The van der Waals surface area contributed by atoms with Gasteiger partial charge in [0.2, 0.25) is 0 Å². The smallest absolute Gasteiger partial charge is 0.263 e. The lowest BCUT2D eigenvalue weighted by atomic mass is 10.1. The van der Waals surface area contributed by atoms with Gasteiger partial charge in [-0.1, -0.05) is 25.5 Å². The predicted molar refractivity (Wildman–Crippen MR) is 77.1 cm³/mol. The molecule has 0 amide bonds. The number of sulfonamides is 1. The Hall–Kier alpha value is -2.08. The lowest BCUT2D eigenvalue weighted by molar-refractivity contribution is 0.475. The Kier molecular flexibility index (Phi) is 4.24. The third-order valence-electron chi connectivity index (χ3n) is 2.79. The van der Waals surface area contributed by atoms with E-state index in [0.717, 1.165) is 18.4 Å². The summed E-state index contributed by atoms with van der Waals surface area (Å²) in [5, 5.41) is 9.55. The fourth-order valence-corrected chi connectivity index (χ4v) is 2.81. The number of aromatic hydroxyl groups is 1. The van der Waals surface area contributed by atoms with Crippen molar-refractivity contribution in [3.8, 4) is 5.75 Å². The van der Waals surface area contributed by atoms with Gasteiger partial charge in [0.05, 0.1) is 4.90 Å². The molecule has 0 fully saturated rings. The number of hydrogen-bond donors (Lipinski definition) is 2. The standard InChI is InChI=1S/C14H16N2O3S/c1-2-4-11-6-8-12(9-7-11)20(18,19)16-14-13(17)5-3-10-15-14/h3,5-10,17H,2,4H2,1H3,(H,15,16). The molecule has 0 radical (unpaired) electrons. The van der Waals surface area contributed by atoms with Gasteiger partial charge < -0.3 is 5.11 Å². The van der Waals surface area contributed by atoms with Crippen LogP contribution in [0.1, 0.15) is 18.9 Å². The molecule has 106 valence electrons. The van der Waals surface area contributed by atoms with Crippen molar-refractivity contribution in [2.75, 3.05) is 4.72 Å². The fraction of sp³-hybridized carbons (Fsp3) is 0.214. The Morgan fingerprint density at radius 2 is 1.90 bits per heavy atom. The molecule has 1 aromatic carbocycles. The Labute approximate surface area is 118 Å². The van der Waals surface area contributed by atoms with Crippen molar-refractivity contribution in [3.63, 3.8) is 0 Å². The van der Waals surface area contributed by atoms with Gasteiger partial charge in [-0.2, -0.15) is 0 Å². The molecule has 0 saturated heterocycles. The molecule has 1 heterocycles. The van der Waals surface area contributed by atoms with Gasteiger partial charge in [0.25, 0.3) is 10.0 Å². The largest absolute Gasteiger partial charge is 0.504 e. The molecule has 2 aromatic rings. The minimum atomic E-state index is -3.74. The molecule has 0 bridgehead atoms. The fourth-order valence-electron chi connectivity index (χ4n) is 1.79. The van der Waals surface area contributed by atoms with Gasteiger partial charge in [-0.3, -0.25) is 4.72 Å². The Bertz CT molecular complexity index is 682. The molecule has 0 atom stereocenters. The highest BCUT2D eigenvalue weighted by atomic mass is 32.2. The summed E-state index contributed by atoms with van der Waals surface area (Å²) in [4.78, 5) is 3.94. The van der Waals surface area contributed by atoms with E-state index in [9.17, 15) is 13.5 Å². The number of nitrogens with one attached hydrogen (secondary N) is 1. The SMILES string of the molecule is CCCc1ccc(S(=O)(=O)Nc2ncccc2O)cc1. The van der Waals surface area contributed by atoms with Crippen LogP contribution in [-0.4, -0.2) is 18.5 Å². The molecular weight excluding hydrogens is 276 g/mol. The van der Waals surface area contributed by atoms with E-state index in [0.29, 0.717) is 0 Å². The molecule has 2 N–H and O–H groups in total. The third-order valence-corrected chi connectivity index (χ3v) is 4.14. The van der Waals surface area contributed by atoms with Crippen LogP contribution in [0.5, 0.6) is 5.75 Å². The van der Waals surface area contributed by atoms with Crippen molar-refractivity contribution in [2.24, 2.45) is 0 Å². The molecule has 0 aliphatic rings. The van der Waals surface area contributed by atoms with Gasteiger partial charge in [-0.05, 0) is 36.2 Å². The van der Waals surface area contributed by atoms with E-state index >= 15 is 0 Å². The van der Waals surface area contributed by atoms with E-state index in [1.165, 1.54) is 18.3 Å². The molecule has 20 heavy (non-hydrogen) atoms. The van der Waals surface area contributed by atoms with Crippen molar-refractivity contribution in [1.29, 1.82) is 0 Å². The van der Waals surface area contributed by atoms with Crippen LogP contribution < -0.4 is 4.72 Å². The van der Waals surface area contributed by atoms with Crippen LogP contribution in [0.4, 0.5) is 5.82 Å². The van der Waals surface area contributed by atoms with Crippen LogP contribution >= 0.6 is 0 Å². The van der Waals surface area contributed by atoms with Crippen LogP contribution in [-0.2, 0) is 16.4 Å². The zero-order valence-corrected chi connectivity index (χ0v) is 11.9. The van der Waals surface area contributed by atoms with E-state index < -0.39 is 10.0 Å². The van der Waals surface area contributed by atoms with Gasteiger partial charge in [-0.25, -0.2) is 13.4 Å². The van der Waals surface area contributed by atoms with E-state index in [4.69, 9.17) is 0 Å². The van der Waals surface area contributed by atoms with E-state index in [1.54, 1.807) is 24.3 Å². The van der Waals surface area contributed by atoms with Gasteiger partial charge in [0, 0.05) is 6.20 Å². The molecule has 5 nitrogen and oxygen atoms in total. The number of aromatic nitrogens is 1. The summed E-state index contributed by atoms with van der Waals surface area (Å²) in [6.07, 6.45) is 3.32. The number of nitrogens with zero attached hydrogens (tertiary/aromatic N) is 1. The summed E-state index contributed by atoms with van der Waals surface area (Å²) in [5.74, 6) is -0.288. The maximum Gasteiger partial charge on any atom is 0.263 e. The molecule has 2 rings (SSSR count). The molecule has 0 saturated carbocycles. The number of hydrogen-bond acceptors (Lipinski definition) is 4. The first-order valence-electron chi connectivity index (χ1n) is 6.28. The highest BCUT2D eigenvalue weighted by Gasteiger charge is 2.16. The van der Waals surface area contributed by atoms with Crippen LogP contribution in [0.15, 0.2) is 47.5 Å². The minimum absolute atomic E-state index is 0.0786. The van der Waals surface area contributed by atoms with Gasteiger partial charge in [0.1, 0.15) is 0 Å². The maximum atomic E-state index is 12.2. The van der Waals surface area contributed by atoms with Crippen LogP contribution in [0, 0.1) is 0 Å². The summed E-state index contributed by atoms with van der Waals surface area (Å²) in [6, 6.07) is 9.56. The molecule has 1 aromatic heterocycles. The average Bonchev–Trinajstić information content (AvgIpc) is 2.42. The predicted octanol–water partition coefficient (Wildman–Crippen LogP) is 2.54. The first-order valence-corrected chi connectivity index (χ1v) is 7.77. The first-order chi connectivity index (χ1) is 9.53. The van der Waals surface area contributed by atoms with Crippen LogP contribution in [0.2, 0.25) is 0 Å². The van der Waals surface area contributed by atoms with E-state index in [2.05, 4.69) is 16.6 Å². The third kappa shape index (κ3) is 3.27. The minimum Gasteiger partial charge on any atom is -0.504 e.